The number of nitrogens with two attached hydrogens (primary N) is 1. The lowest BCUT2D eigenvalue weighted by molar-refractivity contribution is 0.0466. The minimum atomic E-state index is -0.862. The smallest absolute Gasteiger partial charge is 0.358 e. The summed E-state index contributed by atoms with van der Waals surface area (Å²) in [5, 5.41) is 0.408. The van der Waals surface area contributed by atoms with Gasteiger partial charge in [-0.05, 0) is 36.4 Å². The first kappa shape index (κ1) is 20.6. The van der Waals surface area contributed by atoms with Crippen LogP contribution in [0.1, 0.15) is 16.1 Å². The summed E-state index contributed by atoms with van der Waals surface area (Å²) >= 11 is 23.5. The Labute approximate surface area is 179 Å². The molecule has 0 radical (unpaired) electrons. The van der Waals surface area contributed by atoms with Crippen molar-refractivity contribution in [2.24, 2.45) is 0 Å². The highest BCUT2D eigenvalue weighted by molar-refractivity contribution is 6.36. The molecule has 28 heavy (non-hydrogen) atoms. The maximum absolute atomic E-state index is 14.2. The van der Waals surface area contributed by atoms with E-state index in [1.165, 1.54) is 24.3 Å². The molecule has 0 spiro atoms. The summed E-state index contributed by atoms with van der Waals surface area (Å²) < 4.78 is 19.4. The molecule has 2 heterocycles. The molecule has 10 heteroatoms. The Morgan fingerprint density at radius 1 is 1.07 bits per heavy atom. The van der Waals surface area contributed by atoms with Crippen molar-refractivity contribution >= 4 is 58.1 Å². The van der Waals surface area contributed by atoms with Gasteiger partial charge in [-0.3, -0.25) is 0 Å². The van der Waals surface area contributed by atoms with Crippen LogP contribution in [0.3, 0.4) is 0 Å². The number of hydrogen-bond donors (Lipinski definition) is 1. The van der Waals surface area contributed by atoms with Crippen LogP contribution in [0.15, 0.2) is 36.4 Å². The topological polar surface area (TPSA) is 78.1 Å². The zero-order valence-electron chi connectivity index (χ0n) is 13.8. The van der Waals surface area contributed by atoms with Crippen LogP contribution in [-0.2, 0) is 11.3 Å². The number of carbonyl (C=O) groups is 1. The quantitative estimate of drug-likeness (QED) is 0.391. The Kier molecular flexibility index (Phi) is 6.25. The largest absolute Gasteiger partial charge is 0.456 e. The molecule has 144 valence electrons. The molecule has 0 amide bonds. The number of hydrogen-bond acceptors (Lipinski definition) is 5. The SMILES string of the molecule is Nc1cc(-c2ccc(Cl)cc2F)nc(C(=O)OCc2ccc(Cl)nc2Cl)c1Cl. The number of rotatable bonds is 4. The average molecular weight is 461 g/mol. The van der Waals surface area contributed by atoms with Crippen LogP contribution in [-0.4, -0.2) is 15.9 Å². The number of aromatic nitrogens is 2. The summed E-state index contributed by atoms with van der Waals surface area (Å²) in [4.78, 5) is 20.4. The highest BCUT2D eigenvalue weighted by atomic mass is 35.5. The minimum absolute atomic E-state index is 0.0409. The van der Waals surface area contributed by atoms with Gasteiger partial charge in [-0.25, -0.2) is 19.2 Å². The third-order valence-corrected chi connectivity index (χ3v) is 4.81. The molecule has 3 aromatic rings. The molecule has 3 rings (SSSR count). The fourth-order valence-corrected chi connectivity index (χ4v) is 3.01. The van der Waals surface area contributed by atoms with Gasteiger partial charge in [0.1, 0.15) is 22.7 Å². The predicted molar refractivity (Wildman–Crippen MR) is 107 cm³/mol. The third-order valence-electron chi connectivity index (χ3n) is 3.64. The second-order valence-corrected chi connectivity index (χ2v) is 7.10. The number of benzene rings is 1. The van der Waals surface area contributed by atoms with Crippen LogP contribution >= 0.6 is 46.4 Å². The van der Waals surface area contributed by atoms with Crippen molar-refractivity contribution in [3.63, 3.8) is 0 Å². The van der Waals surface area contributed by atoms with E-state index in [0.717, 1.165) is 6.07 Å². The standard InChI is InChI=1S/C18H10Cl4FN3O2/c19-9-2-3-10(11(23)5-9)13-6-12(24)15(21)16(25-13)18(27)28-7-8-1-4-14(20)26-17(8)22/h1-6H,7H2,(H2,24,25). The van der Waals surface area contributed by atoms with E-state index in [1.807, 2.05) is 0 Å². The fraction of sp³-hybridized carbons (Fsp3) is 0.0556. The van der Waals surface area contributed by atoms with Gasteiger partial charge in [-0.15, -0.1) is 0 Å². The van der Waals surface area contributed by atoms with Crippen molar-refractivity contribution in [2.45, 2.75) is 6.61 Å². The van der Waals surface area contributed by atoms with Crippen molar-refractivity contribution in [3.8, 4) is 11.3 Å². The number of ether oxygens (including phenoxy) is 1. The summed E-state index contributed by atoms with van der Waals surface area (Å²) in [7, 11) is 0. The van der Waals surface area contributed by atoms with E-state index in [1.54, 1.807) is 6.07 Å². The fourth-order valence-electron chi connectivity index (χ4n) is 2.28. The Morgan fingerprint density at radius 2 is 1.82 bits per heavy atom. The number of pyridine rings is 2. The Balaban J connectivity index is 1.90. The van der Waals surface area contributed by atoms with Crippen LogP contribution in [0.4, 0.5) is 10.1 Å². The second kappa shape index (κ2) is 8.49. The van der Waals surface area contributed by atoms with Crippen LogP contribution in [0.2, 0.25) is 20.4 Å². The van der Waals surface area contributed by atoms with Crippen LogP contribution in [0.5, 0.6) is 0 Å². The molecule has 0 aliphatic carbocycles. The molecule has 0 fully saturated rings. The molecule has 2 aromatic heterocycles. The molecule has 0 aliphatic heterocycles. The van der Waals surface area contributed by atoms with Gasteiger partial charge in [0.25, 0.3) is 0 Å². The van der Waals surface area contributed by atoms with E-state index >= 15 is 0 Å². The molecule has 1 aromatic carbocycles. The molecule has 0 atom stereocenters. The molecule has 2 N–H and O–H groups in total. The third kappa shape index (κ3) is 4.47. The number of nitrogens with zero attached hydrogens (tertiary/aromatic N) is 2. The molecular weight excluding hydrogens is 451 g/mol. The van der Waals surface area contributed by atoms with E-state index in [9.17, 15) is 9.18 Å². The first-order valence-corrected chi connectivity index (χ1v) is 9.17. The zero-order valence-corrected chi connectivity index (χ0v) is 16.9. The Morgan fingerprint density at radius 3 is 2.50 bits per heavy atom. The number of anilines is 1. The maximum Gasteiger partial charge on any atom is 0.358 e. The van der Waals surface area contributed by atoms with Gasteiger partial charge in [0.05, 0.1) is 16.4 Å². The lowest BCUT2D eigenvalue weighted by Crippen LogP contribution is -2.11. The van der Waals surface area contributed by atoms with E-state index < -0.39 is 11.8 Å². The average Bonchev–Trinajstić information content (AvgIpc) is 2.63. The van der Waals surface area contributed by atoms with E-state index in [0.29, 0.717) is 5.56 Å². The normalized spacial score (nSPS) is 10.8. The summed E-state index contributed by atoms with van der Waals surface area (Å²) in [6.07, 6.45) is 0. The van der Waals surface area contributed by atoms with Gasteiger partial charge in [-0.2, -0.15) is 0 Å². The highest BCUT2D eigenvalue weighted by Crippen LogP contribution is 2.31. The van der Waals surface area contributed by atoms with E-state index in [-0.39, 0.29) is 49.6 Å². The molecule has 0 unspecified atom stereocenters. The Bertz CT molecular complexity index is 1080. The van der Waals surface area contributed by atoms with Gasteiger partial charge in [0.2, 0.25) is 0 Å². The van der Waals surface area contributed by atoms with Gasteiger partial charge in [0.15, 0.2) is 5.69 Å². The van der Waals surface area contributed by atoms with E-state index in [4.69, 9.17) is 56.9 Å². The highest BCUT2D eigenvalue weighted by Gasteiger charge is 2.20. The predicted octanol–water partition coefficient (Wildman–Crippen LogP) is 5.84. The monoisotopic (exact) mass is 459 g/mol. The van der Waals surface area contributed by atoms with Gasteiger partial charge < -0.3 is 10.5 Å². The number of esters is 1. The second-order valence-electron chi connectivity index (χ2n) is 5.54. The van der Waals surface area contributed by atoms with Crippen LogP contribution in [0, 0.1) is 5.82 Å². The lowest BCUT2D eigenvalue weighted by Gasteiger charge is -2.11. The molecule has 0 aliphatic rings. The number of carbonyl (C=O) groups excluding carboxylic acids is 1. The van der Waals surface area contributed by atoms with E-state index in [2.05, 4.69) is 9.97 Å². The molecule has 5 nitrogen and oxygen atoms in total. The molecule has 0 saturated heterocycles. The lowest BCUT2D eigenvalue weighted by atomic mass is 10.1. The van der Waals surface area contributed by atoms with Gasteiger partial charge in [0, 0.05) is 16.1 Å². The van der Waals surface area contributed by atoms with Crippen molar-refractivity contribution in [2.75, 3.05) is 5.73 Å². The van der Waals surface area contributed by atoms with Crippen LogP contribution in [0.25, 0.3) is 11.3 Å². The Hall–Kier alpha value is -2.12. The van der Waals surface area contributed by atoms with Crippen molar-refractivity contribution in [3.05, 3.63) is 73.8 Å². The summed E-state index contributed by atoms with van der Waals surface area (Å²) in [5.41, 5.74) is 6.27. The number of halogens is 5. The molecule has 0 bridgehead atoms. The number of nitrogen functional groups attached to an aromatic ring is 1. The molecular formula is C18H10Cl4FN3O2. The zero-order chi connectivity index (χ0) is 20.4. The minimum Gasteiger partial charge on any atom is -0.456 e. The summed E-state index contributed by atoms with van der Waals surface area (Å²) in [6.45, 7) is -0.195. The van der Waals surface area contributed by atoms with Crippen molar-refractivity contribution in [1.29, 1.82) is 0 Å². The van der Waals surface area contributed by atoms with Gasteiger partial charge >= 0.3 is 5.97 Å². The maximum atomic E-state index is 14.2. The van der Waals surface area contributed by atoms with Crippen molar-refractivity contribution in [1.82, 2.24) is 9.97 Å². The first-order chi connectivity index (χ1) is 13.3. The first-order valence-electron chi connectivity index (χ1n) is 7.65. The summed E-state index contributed by atoms with van der Waals surface area (Å²) in [5.74, 6) is -1.49. The van der Waals surface area contributed by atoms with Crippen molar-refractivity contribution < 1.29 is 13.9 Å². The van der Waals surface area contributed by atoms with Gasteiger partial charge in [-0.1, -0.05) is 46.4 Å². The van der Waals surface area contributed by atoms with Crippen LogP contribution < -0.4 is 5.73 Å². The molecule has 0 saturated carbocycles. The summed E-state index contributed by atoms with van der Waals surface area (Å²) in [6, 6.07) is 8.45.